The van der Waals surface area contributed by atoms with Crippen LogP contribution in [0.5, 0.6) is 0 Å². The number of guanidine groups is 1. The average Bonchev–Trinajstić information content (AvgIpc) is 3.31. The molecule has 0 aromatic carbocycles. The van der Waals surface area contributed by atoms with Crippen LogP contribution in [0.1, 0.15) is 22.7 Å². The van der Waals surface area contributed by atoms with Crippen LogP contribution >= 0.6 is 35.3 Å². The van der Waals surface area contributed by atoms with Gasteiger partial charge in [0.15, 0.2) is 5.96 Å². The summed E-state index contributed by atoms with van der Waals surface area (Å²) >= 11 is 1.85. The fourth-order valence-corrected chi connectivity index (χ4v) is 5.06. The average molecular weight is 536 g/mol. The Hall–Kier alpha value is -0.910. The van der Waals surface area contributed by atoms with Crippen molar-refractivity contribution in [3.8, 4) is 0 Å². The number of ether oxygens (including phenoxy) is 2. The summed E-state index contributed by atoms with van der Waals surface area (Å²) < 4.78 is 10.5. The first-order chi connectivity index (χ1) is 13.5. The van der Waals surface area contributed by atoms with Crippen LogP contribution in [0.2, 0.25) is 0 Å². The number of esters is 1. The van der Waals surface area contributed by atoms with Crippen LogP contribution in [0.4, 0.5) is 0 Å². The van der Waals surface area contributed by atoms with Crippen molar-refractivity contribution in [1.82, 2.24) is 15.1 Å². The topological polar surface area (TPSA) is 66.4 Å². The molecule has 0 spiro atoms. The normalized spacial score (nSPS) is 24.1. The number of thiophene rings is 1. The molecule has 2 fully saturated rings. The summed E-state index contributed by atoms with van der Waals surface area (Å²) in [7, 11) is 3.26. The van der Waals surface area contributed by atoms with Gasteiger partial charge in [-0.05, 0) is 25.0 Å². The molecule has 2 aliphatic heterocycles. The summed E-state index contributed by atoms with van der Waals surface area (Å²) in [4.78, 5) is 23.8. The van der Waals surface area contributed by atoms with Crippen LogP contribution in [-0.4, -0.2) is 81.8 Å². The number of aryl methyl sites for hydroxylation is 1. The van der Waals surface area contributed by atoms with Crippen molar-refractivity contribution in [3.63, 3.8) is 0 Å². The minimum absolute atomic E-state index is 0. The maximum atomic E-state index is 12.0. The molecule has 1 N–H and O–H groups in total. The van der Waals surface area contributed by atoms with Gasteiger partial charge in [0.2, 0.25) is 0 Å². The lowest BCUT2D eigenvalue weighted by atomic mass is 9.99. The van der Waals surface area contributed by atoms with Crippen LogP contribution in [0.25, 0.3) is 0 Å². The first-order valence-corrected chi connectivity index (χ1v) is 10.8. The smallest absolute Gasteiger partial charge is 0.310 e. The standard InChI is InChI=1S/C20H32N4O3S.HI/c1-14-12-24(13-16(14)19(25)26-4)20(21-3)22-11-17(18-6-5-15(2)28-18)23-7-9-27-10-8-23;/h5-6,14,16-17H,7-13H2,1-4H3,(H,21,22);1H. The molecule has 1 aromatic rings. The molecule has 3 unspecified atom stereocenters. The predicted molar refractivity (Wildman–Crippen MR) is 127 cm³/mol. The molecule has 3 atom stereocenters. The molecule has 29 heavy (non-hydrogen) atoms. The number of aliphatic imine (C=N–C) groups is 1. The largest absolute Gasteiger partial charge is 0.469 e. The summed E-state index contributed by atoms with van der Waals surface area (Å²) in [6.45, 7) is 9.91. The number of likely N-dealkylation sites (tertiary alicyclic amines) is 1. The molecule has 0 amide bonds. The third kappa shape index (κ3) is 6.05. The molecular weight excluding hydrogens is 503 g/mol. The number of morpholine rings is 1. The Bertz CT molecular complexity index is 693. The summed E-state index contributed by atoms with van der Waals surface area (Å²) in [5, 5.41) is 3.56. The van der Waals surface area contributed by atoms with E-state index in [-0.39, 0.29) is 47.8 Å². The Morgan fingerprint density at radius 1 is 1.38 bits per heavy atom. The van der Waals surface area contributed by atoms with Crippen LogP contribution in [0.3, 0.4) is 0 Å². The highest BCUT2D eigenvalue weighted by Crippen LogP contribution is 2.28. The Kier molecular flexibility index (Phi) is 9.64. The summed E-state index contributed by atoms with van der Waals surface area (Å²) in [6, 6.07) is 4.71. The molecular formula is C20H33IN4O3S. The molecule has 0 bridgehead atoms. The van der Waals surface area contributed by atoms with E-state index in [1.54, 1.807) is 7.05 Å². The minimum Gasteiger partial charge on any atom is -0.469 e. The Balaban J connectivity index is 0.00000300. The third-order valence-electron chi connectivity index (χ3n) is 5.66. The Morgan fingerprint density at radius 3 is 2.69 bits per heavy atom. The van der Waals surface area contributed by atoms with Gasteiger partial charge in [-0.3, -0.25) is 14.7 Å². The number of hydrogen-bond donors (Lipinski definition) is 1. The van der Waals surface area contributed by atoms with Crippen LogP contribution < -0.4 is 5.32 Å². The van der Waals surface area contributed by atoms with E-state index in [2.05, 4.69) is 46.1 Å². The van der Waals surface area contributed by atoms with Crippen molar-refractivity contribution in [2.24, 2.45) is 16.8 Å². The van der Waals surface area contributed by atoms with E-state index in [1.807, 2.05) is 11.3 Å². The van der Waals surface area contributed by atoms with Crippen molar-refractivity contribution in [3.05, 3.63) is 21.9 Å². The van der Waals surface area contributed by atoms with Gasteiger partial charge in [-0.15, -0.1) is 35.3 Å². The quantitative estimate of drug-likeness (QED) is 0.270. The molecule has 2 aliphatic rings. The van der Waals surface area contributed by atoms with Crippen molar-refractivity contribution in [2.75, 3.05) is 60.1 Å². The van der Waals surface area contributed by atoms with Gasteiger partial charge >= 0.3 is 5.97 Å². The lowest BCUT2D eigenvalue weighted by molar-refractivity contribution is -0.145. The van der Waals surface area contributed by atoms with E-state index in [9.17, 15) is 4.79 Å². The number of nitrogens with zero attached hydrogens (tertiary/aromatic N) is 3. The second-order valence-electron chi connectivity index (χ2n) is 7.55. The van der Waals surface area contributed by atoms with Crippen molar-refractivity contribution in [1.29, 1.82) is 0 Å². The maximum Gasteiger partial charge on any atom is 0.310 e. The van der Waals surface area contributed by atoms with Gasteiger partial charge in [-0.1, -0.05) is 6.92 Å². The second kappa shape index (κ2) is 11.5. The summed E-state index contributed by atoms with van der Waals surface area (Å²) in [6.07, 6.45) is 0. The molecule has 1 aromatic heterocycles. The van der Waals surface area contributed by atoms with E-state index in [1.165, 1.54) is 16.9 Å². The van der Waals surface area contributed by atoms with Gasteiger partial charge in [-0.2, -0.15) is 0 Å². The SMILES string of the molecule is CN=C(NCC(c1ccc(C)s1)N1CCOCC1)N1CC(C)C(C(=O)OC)C1.I. The van der Waals surface area contributed by atoms with Crippen molar-refractivity contribution < 1.29 is 14.3 Å². The third-order valence-corrected chi connectivity index (χ3v) is 6.76. The summed E-state index contributed by atoms with van der Waals surface area (Å²) in [5.41, 5.74) is 0. The van der Waals surface area contributed by atoms with E-state index in [4.69, 9.17) is 9.47 Å². The second-order valence-corrected chi connectivity index (χ2v) is 8.87. The van der Waals surface area contributed by atoms with E-state index >= 15 is 0 Å². The Labute approximate surface area is 194 Å². The number of rotatable bonds is 5. The van der Waals surface area contributed by atoms with Crippen molar-refractivity contribution in [2.45, 2.75) is 19.9 Å². The molecule has 0 saturated carbocycles. The number of hydrogen-bond acceptors (Lipinski definition) is 6. The minimum atomic E-state index is -0.134. The van der Waals surface area contributed by atoms with Gasteiger partial charge in [0.25, 0.3) is 0 Å². The zero-order chi connectivity index (χ0) is 20.1. The number of methoxy groups -OCH3 is 1. The van der Waals surface area contributed by atoms with Crippen LogP contribution in [0, 0.1) is 18.8 Å². The van der Waals surface area contributed by atoms with Gasteiger partial charge in [0, 0.05) is 49.5 Å². The maximum absolute atomic E-state index is 12.0. The van der Waals surface area contributed by atoms with E-state index in [0.717, 1.165) is 45.4 Å². The van der Waals surface area contributed by atoms with Crippen LogP contribution in [-0.2, 0) is 14.3 Å². The molecule has 0 radical (unpaired) electrons. The highest BCUT2D eigenvalue weighted by molar-refractivity contribution is 14.0. The molecule has 7 nitrogen and oxygen atoms in total. The zero-order valence-corrected chi connectivity index (χ0v) is 20.9. The molecule has 164 valence electrons. The van der Waals surface area contributed by atoms with Gasteiger partial charge < -0.3 is 19.7 Å². The highest BCUT2D eigenvalue weighted by Gasteiger charge is 2.37. The molecule has 3 rings (SSSR count). The number of halogens is 1. The number of nitrogens with one attached hydrogen (secondary N) is 1. The Morgan fingerprint density at radius 2 is 2.10 bits per heavy atom. The van der Waals surface area contributed by atoms with Crippen molar-refractivity contribution >= 4 is 47.2 Å². The van der Waals surface area contributed by atoms with E-state index in [0.29, 0.717) is 6.54 Å². The fraction of sp³-hybridized carbons (Fsp3) is 0.700. The summed E-state index contributed by atoms with van der Waals surface area (Å²) in [5.74, 6) is 0.870. The lowest BCUT2D eigenvalue weighted by Crippen LogP contribution is -2.47. The molecule has 0 aliphatic carbocycles. The first-order valence-electron chi connectivity index (χ1n) is 9.95. The highest BCUT2D eigenvalue weighted by atomic mass is 127. The van der Waals surface area contributed by atoms with Gasteiger partial charge in [0.05, 0.1) is 32.3 Å². The number of carbonyl (C=O) groups is 1. The lowest BCUT2D eigenvalue weighted by Gasteiger charge is -2.35. The van der Waals surface area contributed by atoms with Gasteiger partial charge in [0.1, 0.15) is 0 Å². The molecule has 9 heteroatoms. The van der Waals surface area contributed by atoms with E-state index < -0.39 is 0 Å². The van der Waals surface area contributed by atoms with Crippen LogP contribution in [0.15, 0.2) is 17.1 Å². The zero-order valence-electron chi connectivity index (χ0n) is 17.7. The van der Waals surface area contributed by atoms with Gasteiger partial charge in [-0.25, -0.2) is 0 Å². The molecule has 2 saturated heterocycles. The monoisotopic (exact) mass is 536 g/mol. The fourth-order valence-electron chi connectivity index (χ4n) is 4.05. The first kappa shape index (κ1) is 24.4. The molecule has 3 heterocycles. The predicted octanol–water partition coefficient (Wildman–Crippen LogP) is 2.36. The number of carbonyl (C=O) groups excluding carboxylic acids is 1.